The zero-order chi connectivity index (χ0) is 14.8. The van der Waals surface area contributed by atoms with Crippen LogP contribution in [-0.4, -0.2) is 25.0 Å². The molecule has 0 amide bonds. The van der Waals surface area contributed by atoms with E-state index in [4.69, 9.17) is 4.74 Å². The quantitative estimate of drug-likeness (QED) is 0.383. The maximum atomic E-state index is 6.21. The second-order valence-electron chi connectivity index (χ2n) is 6.25. The summed E-state index contributed by atoms with van der Waals surface area (Å²) in [5, 5.41) is 0. The van der Waals surface area contributed by atoms with Gasteiger partial charge >= 0.3 is 131 Å². The summed E-state index contributed by atoms with van der Waals surface area (Å²) >= 11 is -2.30. The van der Waals surface area contributed by atoms with Crippen molar-refractivity contribution in [2.45, 2.75) is 79.0 Å². The van der Waals surface area contributed by atoms with Crippen LogP contribution in [0.2, 0.25) is 13.3 Å². The van der Waals surface area contributed by atoms with Gasteiger partial charge in [-0.1, -0.05) is 0 Å². The molecule has 1 nitrogen and oxygen atoms in total. The minimum absolute atomic E-state index is 0.916. The first kappa shape index (κ1) is 18.1. The predicted molar refractivity (Wildman–Crippen MR) is 92.7 cm³/mol. The predicted octanol–water partition coefficient (Wildman–Crippen LogP) is 6.24. The van der Waals surface area contributed by atoms with Crippen LogP contribution in [0.4, 0.5) is 0 Å². The Hall–Kier alpha value is 0.0787. The number of unbranched alkanes of at least 4 members (excludes halogenated alkanes) is 3. The van der Waals surface area contributed by atoms with Crippen LogP contribution in [0.25, 0.3) is 0 Å². The number of hydrogen-bond acceptors (Lipinski definition) is 1. The molecule has 1 rings (SSSR count). The van der Waals surface area contributed by atoms with E-state index in [0.29, 0.717) is 0 Å². The van der Waals surface area contributed by atoms with E-state index >= 15 is 0 Å². The van der Waals surface area contributed by atoms with Crippen LogP contribution < -0.4 is 0 Å². The van der Waals surface area contributed by atoms with Crippen LogP contribution in [0.5, 0.6) is 0 Å². The molecule has 0 aliphatic carbocycles. The number of hydrogen-bond donors (Lipinski definition) is 0. The van der Waals surface area contributed by atoms with Crippen LogP contribution in [-0.2, 0) is 4.74 Å². The fraction of sp³-hybridized carbons (Fsp3) is 0.778. The molecule has 0 N–H and O–H groups in total. The Balaban J connectivity index is 3.01. The molecule has 0 aromatic heterocycles. The number of ether oxygens (including phenoxy) is 1. The average molecular weight is 385 g/mol. The topological polar surface area (TPSA) is 9.23 Å². The number of rotatable bonds is 11. The second kappa shape index (κ2) is 9.91. The van der Waals surface area contributed by atoms with Gasteiger partial charge in [0, 0.05) is 0 Å². The van der Waals surface area contributed by atoms with E-state index < -0.39 is 18.4 Å². The van der Waals surface area contributed by atoms with Gasteiger partial charge in [0.25, 0.3) is 0 Å². The SMILES string of the molecule is C=CC1=[C]([Sn]([CH2]CCC)([CH2]CCC)[CH2]CCC)OCC1. The van der Waals surface area contributed by atoms with Crippen molar-refractivity contribution in [3.05, 3.63) is 22.0 Å². The average Bonchev–Trinajstić information content (AvgIpc) is 2.96. The summed E-state index contributed by atoms with van der Waals surface area (Å²) in [6.07, 6.45) is 11.4. The van der Waals surface area contributed by atoms with Gasteiger partial charge in [-0.3, -0.25) is 0 Å². The van der Waals surface area contributed by atoms with Gasteiger partial charge < -0.3 is 0 Å². The summed E-state index contributed by atoms with van der Waals surface area (Å²) in [5.74, 6) is 0. The summed E-state index contributed by atoms with van der Waals surface area (Å²) in [5.41, 5.74) is 1.48. The van der Waals surface area contributed by atoms with Crippen molar-refractivity contribution in [1.29, 1.82) is 0 Å². The summed E-state index contributed by atoms with van der Waals surface area (Å²) in [6.45, 7) is 11.9. The summed E-state index contributed by atoms with van der Waals surface area (Å²) in [6, 6.07) is 0. The standard InChI is InChI=1S/C6H7O.3C4H9.Sn/c1-2-6-3-4-7-5-6;3*1-3-4-2;/h2H,1,3-4H2;3*1,3-4H2,2H3;. The molecule has 0 aromatic carbocycles. The molecule has 116 valence electrons. The molecule has 1 heterocycles. The van der Waals surface area contributed by atoms with E-state index in [1.54, 1.807) is 0 Å². The maximum absolute atomic E-state index is 6.21. The molecular weight excluding hydrogens is 351 g/mol. The van der Waals surface area contributed by atoms with Crippen molar-refractivity contribution in [2.75, 3.05) is 6.61 Å². The van der Waals surface area contributed by atoms with E-state index in [-0.39, 0.29) is 0 Å². The molecule has 0 bridgehead atoms. The zero-order valence-corrected chi connectivity index (χ0v) is 16.8. The fourth-order valence-electron chi connectivity index (χ4n) is 3.42. The van der Waals surface area contributed by atoms with Crippen molar-refractivity contribution in [1.82, 2.24) is 0 Å². The van der Waals surface area contributed by atoms with Gasteiger partial charge in [-0.15, -0.1) is 0 Å². The first-order valence-electron chi connectivity index (χ1n) is 8.73. The zero-order valence-electron chi connectivity index (χ0n) is 14.0. The van der Waals surface area contributed by atoms with Crippen molar-refractivity contribution in [3.63, 3.8) is 0 Å². The third-order valence-electron chi connectivity index (χ3n) is 4.66. The molecule has 1 aliphatic rings. The molecular formula is C18H34OSn. The van der Waals surface area contributed by atoms with E-state index in [9.17, 15) is 0 Å². The first-order chi connectivity index (χ1) is 9.74. The molecule has 0 atom stereocenters. The summed E-state index contributed by atoms with van der Waals surface area (Å²) < 4.78 is 12.2. The number of allylic oxidation sites excluding steroid dienone is 1. The first-order valence-corrected chi connectivity index (χ1v) is 16.2. The van der Waals surface area contributed by atoms with E-state index in [1.807, 2.05) is 0 Å². The van der Waals surface area contributed by atoms with Gasteiger partial charge in [-0.25, -0.2) is 0 Å². The van der Waals surface area contributed by atoms with Crippen molar-refractivity contribution >= 4 is 18.4 Å². The van der Waals surface area contributed by atoms with Gasteiger partial charge in [0.05, 0.1) is 0 Å². The molecule has 2 heteroatoms. The van der Waals surface area contributed by atoms with Crippen LogP contribution in [0.3, 0.4) is 0 Å². The summed E-state index contributed by atoms with van der Waals surface area (Å²) in [7, 11) is 0. The van der Waals surface area contributed by atoms with Crippen LogP contribution in [0.1, 0.15) is 65.7 Å². The van der Waals surface area contributed by atoms with Crippen LogP contribution in [0, 0.1) is 0 Å². The molecule has 0 saturated carbocycles. The Kier molecular flexibility index (Phi) is 8.99. The van der Waals surface area contributed by atoms with E-state index in [2.05, 4.69) is 33.4 Å². The van der Waals surface area contributed by atoms with E-state index in [1.165, 1.54) is 61.2 Å². The second-order valence-corrected chi connectivity index (χ2v) is 19.1. The van der Waals surface area contributed by atoms with Gasteiger partial charge in [-0.2, -0.15) is 0 Å². The minimum atomic E-state index is -2.30. The molecule has 0 fully saturated rings. The Labute approximate surface area is 130 Å². The Morgan fingerprint density at radius 3 is 1.90 bits per heavy atom. The monoisotopic (exact) mass is 386 g/mol. The van der Waals surface area contributed by atoms with Gasteiger partial charge in [0.2, 0.25) is 0 Å². The third kappa shape index (κ3) is 4.82. The molecule has 0 aromatic rings. The third-order valence-corrected chi connectivity index (χ3v) is 20.0. The Bertz CT molecular complexity index is 298. The van der Waals surface area contributed by atoms with Crippen LogP contribution in [0.15, 0.2) is 22.0 Å². The molecule has 20 heavy (non-hydrogen) atoms. The van der Waals surface area contributed by atoms with Crippen molar-refractivity contribution in [3.8, 4) is 0 Å². The molecule has 0 spiro atoms. The van der Waals surface area contributed by atoms with Crippen molar-refractivity contribution < 1.29 is 4.74 Å². The van der Waals surface area contributed by atoms with Gasteiger partial charge in [0.1, 0.15) is 0 Å². The fourth-order valence-corrected chi connectivity index (χ4v) is 20.1. The van der Waals surface area contributed by atoms with Crippen LogP contribution >= 0.6 is 0 Å². The van der Waals surface area contributed by atoms with Gasteiger partial charge in [0.15, 0.2) is 0 Å². The summed E-state index contributed by atoms with van der Waals surface area (Å²) in [4.78, 5) is 0. The molecule has 0 unspecified atom stereocenters. The molecule has 0 saturated heterocycles. The van der Waals surface area contributed by atoms with Crippen molar-refractivity contribution in [2.24, 2.45) is 0 Å². The Morgan fingerprint density at radius 2 is 1.50 bits per heavy atom. The van der Waals surface area contributed by atoms with E-state index in [0.717, 1.165) is 13.0 Å². The molecule has 0 radical (unpaired) electrons. The molecule has 1 aliphatic heterocycles. The Morgan fingerprint density at radius 1 is 1.00 bits per heavy atom. The normalized spacial score (nSPS) is 15.6. The van der Waals surface area contributed by atoms with Gasteiger partial charge in [-0.05, 0) is 0 Å².